The van der Waals surface area contributed by atoms with Crippen molar-refractivity contribution >= 4 is 11.6 Å². The molecule has 0 aliphatic carbocycles. The Morgan fingerprint density at radius 2 is 2.00 bits per heavy atom. The third kappa shape index (κ3) is 2.94. The van der Waals surface area contributed by atoms with Gasteiger partial charge in [-0.1, -0.05) is 23.4 Å². The fourth-order valence-corrected chi connectivity index (χ4v) is 3.34. The topological polar surface area (TPSA) is 89.9 Å². The summed E-state index contributed by atoms with van der Waals surface area (Å²) in [6, 6.07) is 11.6. The average molecular weight is 372 g/mol. The van der Waals surface area contributed by atoms with Gasteiger partial charge in [-0.25, -0.2) is 4.98 Å². The molecule has 3 aromatic heterocycles. The molecule has 1 amide bonds. The van der Waals surface area contributed by atoms with E-state index in [0.29, 0.717) is 24.0 Å². The number of carbonyl (C=O) groups is 1. The molecule has 1 aliphatic heterocycles. The highest BCUT2D eigenvalue weighted by molar-refractivity contribution is 5.95. The van der Waals surface area contributed by atoms with E-state index < -0.39 is 0 Å². The van der Waals surface area contributed by atoms with E-state index in [1.807, 2.05) is 23.1 Å². The zero-order chi connectivity index (χ0) is 18.9. The first-order valence-corrected chi connectivity index (χ1v) is 8.92. The van der Waals surface area contributed by atoms with Crippen LogP contribution in [0.15, 0.2) is 65.8 Å². The molecule has 0 bridgehead atoms. The van der Waals surface area contributed by atoms with Gasteiger partial charge in [0.05, 0.1) is 6.33 Å². The van der Waals surface area contributed by atoms with Crippen LogP contribution in [0.2, 0.25) is 0 Å². The number of para-hydroxylation sites is 1. The van der Waals surface area contributed by atoms with Crippen LogP contribution in [0.1, 0.15) is 5.56 Å². The van der Waals surface area contributed by atoms with Gasteiger partial charge in [0, 0.05) is 36.4 Å². The molecule has 4 heterocycles. The van der Waals surface area contributed by atoms with Gasteiger partial charge in [-0.3, -0.25) is 9.78 Å². The van der Waals surface area contributed by atoms with Crippen molar-refractivity contribution in [3.63, 3.8) is 0 Å². The normalized spacial score (nSPS) is 12.9. The fourth-order valence-electron chi connectivity index (χ4n) is 3.34. The summed E-state index contributed by atoms with van der Waals surface area (Å²) in [7, 11) is 0. The van der Waals surface area contributed by atoms with E-state index in [9.17, 15) is 4.79 Å². The van der Waals surface area contributed by atoms with E-state index in [1.165, 1.54) is 5.56 Å². The lowest BCUT2D eigenvalue weighted by Crippen LogP contribution is -2.31. The Morgan fingerprint density at radius 1 is 1.14 bits per heavy atom. The Kier molecular flexibility index (Phi) is 3.93. The van der Waals surface area contributed by atoms with Gasteiger partial charge in [0.2, 0.25) is 11.7 Å². The predicted octanol–water partition coefficient (Wildman–Crippen LogP) is 2.58. The number of nitrogens with zero attached hydrogens (tertiary/aromatic N) is 6. The van der Waals surface area contributed by atoms with E-state index in [1.54, 1.807) is 41.6 Å². The lowest BCUT2D eigenvalue weighted by atomic mass is 10.2. The molecule has 0 saturated heterocycles. The largest absolute Gasteiger partial charge is 0.334 e. The second-order valence-corrected chi connectivity index (χ2v) is 6.51. The van der Waals surface area contributed by atoms with Gasteiger partial charge in [-0.15, -0.1) is 0 Å². The molecule has 0 spiro atoms. The van der Waals surface area contributed by atoms with E-state index in [0.717, 1.165) is 17.7 Å². The molecule has 1 aliphatic rings. The zero-order valence-electron chi connectivity index (χ0n) is 14.9. The SMILES string of the molecule is O=C(Cn1cnc(-c2noc(-c3ccncc3)n2)c1)N1CCc2ccccc21. The minimum absolute atomic E-state index is 0.0273. The summed E-state index contributed by atoms with van der Waals surface area (Å²) in [6.45, 7) is 0.913. The zero-order valence-corrected chi connectivity index (χ0v) is 14.9. The molecule has 0 N–H and O–H groups in total. The van der Waals surface area contributed by atoms with Gasteiger partial charge in [0.1, 0.15) is 12.2 Å². The summed E-state index contributed by atoms with van der Waals surface area (Å²) in [5.41, 5.74) is 3.54. The van der Waals surface area contributed by atoms with Crippen molar-refractivity contribution in [1.29, 1.82) is 0 Å². The third-order valence-corrected chi connectivity index (χ3v) is 4.72. The van der Waals surface area contributed by atoms with Crippen molar-refractivity contribution in [3.8, 4) is 23.0 Å². The maximum Gasteiger partial charge on any atom is 0.258 e. The Morgan fingerprint density at radius 3 is 2.89 bits per heavy atom. The lowest BCUT2D eigenvalue weighted by Gasteiger charge is -2.17. The molecule has 8 nitrogen and oxygen atoms in total. The van der Waals surface area contributed by atoms with Crippen molar-refractivity contribution in [2.75, 3.05) is 11.4 Å². The molecular weight excluding hydrogens is 356 g/mol. The smallest absolute Gasteiger partial charge is 0.258 e. The number of aromatic nitrogens is 5. The first-order chi connectivity index (χ1) is 13.8. The van der Waals surface area contributed by atoms with Gasteiger partial charge < -0.3 is 14.0 Å². The van der Waals surface area contributed by atoms with Crippen LogP contribution < -0.4 is 4.90 Å². The molecule has 0 fully saturated rings. The maximum atomic E-state index is 12.7. The van der Waals surface area contributed by atoms with Crippen molar-refractivity contribution < 1.29 is 9.32 Å². The van der Waals surface area contributed by atoms with Gasteiger partial charge >= 0.3 is 0 Å². The number of pyridine rings is 1. The molecule has 0 unspecified atom stereocenters. The number of amides is 1. The molecular formula is C20H16N6O2. The quantitative estimate of drug-likeness (QED) is 0.547. The number of hydrogen-bond acceptors (Lipinski definition) is 6. The Hall–Kier alpha value is -3.81. The average Bonchev–Trinajstić information content (AvgIpc) is 3.47. The second-order valence-electron chi connectivity index (χ2n) is 6.51. The summed E-state index contributed by atoms with van der Waals surface area (Å²) in [5.74, 6) is 0.806. The second kappa shape index (κ2) is 6.73. The van der Waals surface area contributed by atoms with E-state index >= 15 is 0 Å². The van der Waals surface area contributed by atoms with Crippen LogP contribution in [0.25, 0.3) is 23.0 Å². The number of fused-ring (bicyclic) bond motifs is 1. The number of hydrogen-bond donors (Lipinski definition) is 0. The van der Waals surface area contributed by atoms with Crippen molar-refractivity contribution in [2.45, 2.75) is 13.0 Å². The first-order valence-electron chi connectivity index (χ1n) is 8.92. The van der Waals surface area contributed by atoms with Crippen LogP contribution in [-0.4, -0.2) is 37.1 Å². The van der Waals surface area contributed by atoms with Gasteiger partial charge in [0.15, 0.2) is 0 Å². The molecule has 8 heteroatoms. The van der Waals surface area contributed by atoms with Crippen LogP contribution in [0.5, 0.6) is 0 Å². The van der Waals surface area contributed by atoms with Crippen LogP contribution in [0.3, 0.4) is 0 Å². The number of benzene rings is 1. The highest BCUT2D eigenvalue weighted by Gasteiger charge is 2.24. The predicted molar refractivity (Wildman–Crippen MR) is 101 cm³/mol. The minimum Gasteiger partial charge on any atom is -0.334 e. The molecule has 28 heavy (non-hydrogen) atoms. The van der Waals surface area contributed by atoms with Gasteiger partial charge in [-0.2, -0.15) is 4.98 Å². The highest BCUT2D eigenvalue weighted by atomic mass is 16.5. The molecule has 0 saturated carbocycles. The minimum atomic E-state index is 0.0273. The Bertz CT molecular complexity index is 1130. The van der Waals surface area contributed by atoms with Gasteiger partial charge in [0.25, 0.3) is 5.89 Å². The Labute approximate surface area is 160 Å². The van der Waals surface area contributed by atoms with Crippen LogP contribution in [0, 0.1) is 0 Å². The number of anilines is 1. The van der Waals surface area contributed by atoms with Crippen LogP contribution in [0.4, 0.5) is 5.69 Å². The van der Waals surface area contributed by atoms with Crippen molar-refractivity contribution in [2.24, 2.45) is 0 Å². The summed E-state index contributed by atoms with van der Waals surface area (Å²) in [6.07, 6.45) is 7.57. The van der Waals surface area contributed by atoms with E-state index in [4.69, 9.17) is 4.52 Å². The van der Waals surface area contributed by atoms with Gasteiger partial charge in [-0.05, 0) is 30.2 Å². The van der Waals surface area contributed by atoms with Crippen molar-refractivity contribution in [3.05, 3.63) is 66.9 Å². The summed E-state index contributed by atoms with van der Waals surface area (Å²) in [5, 5.41) is 3.98. The van der Waals surface area contributed by atoms with Crippen LogP contribution in [-0.2, 0) is 17.8 Å². The number of carbonyl (C=O) groups excluding carboxylic acids is 1. The summed E-state index contributed by atoms with van der Waals surface area (Å²) >= 11 is 0. The van der Waals surface area contributed by atoms with Crippen molar-refractivity contribution in [1.82, 2.24) is 24.7 Å². The number of imidazole rings is 1. The number of rotatable bonds is 4. The fraction of sp³-hybridized carbons (Fsp3) is 0.150. The van der Waals surface area contributed by atoms with E-state index in [-0.39, 0.29) is 12.5 Å². The Balaban J connectivity index is 1.32. The van der Waals surface area contributed by atoms with E-state index in [2.05, 4.69) is 26.2 Å². The summed E-state index contributed by atoms with van der Waals surface area (Å²) < 4.78 is 7.04. The molecule has 1 aromatic carbocycles. The first kappa shape index (κ1) is 16.4. The standard InChI is InChI=1S/C20H16N6O2/c27-18(26-10-7-14-3-1-2-4-17(14)26)12-25-11-16(22-13-25)19-23-20(28-24-19)15-5-8-21-9-6-15/h1-6,8-9,11,13H,7,10,12H2. The molecule has 5 rings (SSSR count). The molecule has 138 valence electrons. The summed E-state index contributed by atoms with van der Waals surface area (Å²) in [4.78, 5) is 27.2. The molecule has 4 aromatic rings. The lowest BCUT2D eigenvalue weighted by molar-refractivity contribution is -0.119. The highest BCUT2D eigenvalue weighted by Crippen LogP contribution is 2.27. The van der Waals surface area contributed by atoms with Crippen LogP contribution >= 0.6 is 0 Å². The monoisotopic (exact) mass is 372 g/mol. The third-order valence-electron chi connectivity index (χ3n) is 4.72. The molecule has 0 radical (unpaired) electrons. The maximum absolute atomic E-state index is 12.7. The molecule has 0 atom stereocenters.